The predicted octanol–water partition coefficient (Wildman–Crippen LogP) is 4.32. The molecule has 0 heterocycles. The lowest BCUT2D eigenvalue weighted by Crippen LogP contribution is -2.30. The van der Waals surface area contributed by atoms with Crippen molar-refractivity contribution in [2.45, 2.75) is 0 Å². The molecule has 0 saturated carbocycles. The Hall–Kier alpha value is -2.22. The number of anilines is 1. The lowest BCUT2D eigenvalue weighted by molar-refractivity contribution is -0.384. The van der Waals surface area contributed by atoms with Gasteiger partial charge in [0.1, 0.15) is 5.75 Å². The van der Waals surface area contributed by atoms with Crippen molar-refractivity contribution >= 4 is 52.1 Å². The summed E-state index contributed by atoms with van der Waals surface area (Å²) in [5.41, 5.74) is 4.88. The van der Waals surface area contributed by atoms with Crippen molar-refractivity contribution in [3.05, 3.63) is 61.1 Å². The molecule has 0 bridgehead atoms. The zero-order chi connectivity index (χ0) is 17.9. The minimum Gasteiger partial charge on any atom is -0.496 e. The number of amides is 1. The first-order valence-electron chi connectivity index (χ1n) is 6.36. The number of methoxy groups -OCH3 is 1. The number of benzene rings is 2. The Kier molecular flexibility index (Phi) is 5.71. The van der Waals surface area contributed by atoms with Crippen LogP contribution in [-0.2, 0) is 0 Å². The van der Waals surface area contributed by atoms with Gasteiger partial charge in [0.15, 0.2) is 0 Å². The highest BCUT2D eigenvalue weighted by Gasteiger charge is 2.18. The van der Waals surface area contributed by atoms with Crippen LogP contribution in [0.2, 0.25) is 15.1 Å². The van der Waals surface area contributed by atoms with Gasteiger partial charge in [-0.2, -0.15) is 0 Å². The molecule has 0 radical (unpaired) electrons. The maximum absolute atomic E-state index is 12.3. The van der Waals surface area contributed by atoms with Crippen LogP contribution >= 0.6 is 34.8 Å². The van der Waals surface area contributed by atoms with E-state index < -0.39 is 10.8 Å². The number of hydrazine groups is 1. The van der Waals surface area contributed by atoms with E-state index in [1.165, 1.54) is 31.4 Å². The van der Waals surface area contributed by atoms with Gasteiger partial charge in [-0.1, -0.05) is 34.8 Å². The Balaban J connectivity index is 2.24. The molecule has 0 saturated heterocycles. The zero-order valence-electron chi connectivity index (χ0n) is 12.1. The third kappa shape index (κ3) is 4.00. The highest BCUT2D eigenvalue weighted by molar-refractivity contribution is 6.41. The van der Waals surface area contributed by atoms with Gasteiger partial charge in [0, 0.05) is 17.2 Å². The Morgan fingerprint density at radius 3 is 2.33 bits per heavy atom. The van der Waals surface area contributed by atoms with Gasteiger partial charge in [-0.3, -0.25) is 25.8 Å². The van der Waals surface area contributed by atoms with Crippen LogP contribution in [0.1, 0.15) is 10.4 Å². The van der Waals surface area contributed by atoms with Crippen molar-refractivity contribution in [3.63, 3.8) is 0 Å². The van der Waals surface area contributed by atoms with E-state index in [0.29, 0.717) is 5.02 Å². The molecule has 0 aliphatic rings. The molecule has 2 N–H and O–H groups in total. The maximum atomic E-state index is 12.3. The molecule has 2 rings (SSSR count). The first-order chi connectivity index (χ1) is 11.3. The zero-order valence-corrected chi connectivity index (χ0v) is 14.4. The summed E-state index contributed by atoms with van der Waals surface area (Å²) in [4.78, 5) is 22.5. The third-order valence-corrected chi connectivity index (χ3v) is 3.76. The summed E-state index contributed by atoms with van der Waals surface area (Å²) in [5.74, 6) is -0.495. The molecule has 2 aromatic carbocycles. The fraction of sp³-hybridized carbons (Fsp3) is 0.0714. The smallest absolute Gasteiger partial charge is 0.273 e. The number of rotatable bonds is 5. The van der Waals surface area contributed by atoms with E-state index in [1.807, 2.05) is 0 Å². The molecular formula is C14H10Cl3N3O4. The van der Waals surface area contributed by atoms with Crippen molar-refractivity contribution < 1.29 is 14.5 Å². The standard InChI is InChI=1S/C14H10Cl3N3O4/c1-24-12-3-2-8(20(22)23)6-9(12)14(21)19-18-13-10(16)4-7(15)5-11(13)17/h2-6,18H,1H3,(H,19,21). The molecule has 2 aromatic rings. The number of nitrogens with one attached hydrogen (secondary N) is 2. The Morgan fingerprint density at radius 1 is 1.17 bits per heavy atom. The number of halogens is 3. The van der Waals surface area contributed by atoms with Crippen LogP contribution in [-0.4, -0.2) is 17.9 Å². The summed E-state index contributed by atoms with van der Waals surface area (Å²) >= 11 is 17.8. The number of nitrogens with zero attached hydrogens (tertiary/aromatic N) is 1. The predicted molar refractivity (Wildman–Crippen MR) is 92.2 cm³/mol. The van der Waals surface area contributed by atoms with Crippen molar-refractivity contribution in [2.24, 2.45) is 0 Å². The van der Waals surface area contributed by atoms with Crippen LogP contribution in [0.15, 0.2) is 30.3 Å². The number of hydrogen-bond donors (Lipinski definition) is 2. The Morgan fingerprint density at radius 2 is 1.79 bits per heavy atom. The fourth-order valence-electron chi connectivity index (χ4n) is 1.84. The molecule has 0 spiro atoms. The molecular weight excluding hydrogens is 381 g/mol. The molecule has 0 unspecified atom stereocenters. The van der Waals surface area contributed by atoms with Crippen molar-refractivity contribution in [3.8, 4) is 5.75 Å². The molecule has 0 aliphatic carbocycles. The molecule has 1 amide bonds. The van der Waals surface area contributed by atoms with Gasteiger partial charge < -0.3 is 4.74 Å². The minimum absolute atomic E-state index is 0.0274. The van der Waals surface area contributed by atoms with Gasteiger partial charge in [0.05, 0.1) is 33.3 Å². The number of hydrogen-bond acceptors (Lipinski definition) is 5. The van der Waals surface area contributed by atoms with E-state index in [-0.39, 0.29) is 32.7 Å². The fourth-order valence-corrected chi connectivity index (χ4v) is 2.75. The molecule has 0 aliphatic heterocycles. The molecule has 24 heavy (non-hydrogen) atoms. The van der Waals surface area contributed by atoms with E-state index in [4.69, 9.17) is 39.5 Å². The highest BCUT2D eigenvalue weighted by Crippen LogP contribution is 2.33. The van der Waals surface area contributed by atoms with Crippen LogP contribution < -0.4 is 15.6 Å². The van der Waals surface area contributed by atoms with Gasteiger partial charge in [0.2, 0.25) is 0 Å². The van der Waals surface area contributed by atoms with Crippen LogP contribution in [0.25, 0.3) is 0 Å². The first kappa shape index (κ1) is 18.1. The molecule has 0 aromatic heterocycles. The summed E-state index contributed by atoms with van der Waals surface area (Å²) in [7, 11) is 1.35. The van der Waals surface area contributed by atoms with E-state index in [9.17, 15) is 14.9 Å². The van der Waals surface area contributed by atoms with E-state index >= 15 is 0 Å². The molecule has 0 atom stereocenters. The highest BCUT2D eigenvalue weighted by atomic mass is 35.5. The molecule has 0 fully saturated rings. The normalized spacial score (nSPS) is 10.2. The summed E-state index contributed by atoms with van der Waals surface area (Å²) in [6.07, 6.45) is 0. The molecule has 7 nitrogen and oxygen atoms in total. The van der Waals surface area contributed by atoms with Gasteiger partial charge in [-0.05, 0) is 18.2 Å². The van der Waals surface area contributed by atoms with E-state index in [1.54, 1.807) is 0 Å². The minimum atomic E-state index is -0.669. The summed E-state index contributed by atoms with van der Waals surface area (Å²) in [5, 5.41) is 11.6. The average Bonchev–Trinajstić information content (AvgIpc) is 2.52. The lowest BCUT2D eigenvalue weighted by atomic mass is 10.1. The van der Waals surface area contributed by atoms with Crippen LogP contribution in [0.5, 0.6) is 5.75 Å². The first-order valence-corrected chi connectivity index (χ1v) is 7.50. The largest absolute Gasteiger partial charge is 0.496 e. The quantitative estimate of drug-likeness (QED) is 0.586. The number of ether oxygens (including phenoxy) is 1. The maximum Gasteiger partial charge on any atom is 0.273 e. The molecule has 126 valence electrons. The second-order valence-corrected chi connectivity index (χ2v) is 5.72. The van der Waals surface area contributed by atoms with Gasteiger partial charge >= 0.3 is 0 Å². The number of nitro groups is 1. The van der Waals surface area contributed by atoms with Crippen LogP contribution in [0, 0.1) is 10.1 Å². The summed E-state index contributed by atoms with van der Waals surface area (Å²) < 4.78 is 5.04. The van der Waals surface area contributed by atoms with Crippen molar-refractivity contribution in [1.82, 2.24) is 5.43 Å². The monoisotopic (exact) mass is 389 g/mol. The topological polar surface area (TPSA) is 93.5 Å². The summed E-state index contributed by atoms with van der Waals surface area (Å²) in [6.45, 7) is 0. The number of non-ortho nitro benzene ring substituents is 1. The van der Waals surface area contributed by atoms with E-state index in [0.717, 1.165) is 6.07 Å². The third-order valence-electron chi connectivity index (χ3n) is 2.95. The van der Waals surface area contributed by atoms with Gasteiger partial charge in [0.25, 0.3) is 11.6 Å². The Labute approximate surface area is 151 Å². The average molecular weight is 391 g/mol. The summed E-state index contributed by atoms with van der Waals surface area (Å²) in [6, 6.07) is 6.54. The number of carbonyl (C=O) groups is 1. The van der Waals surface area contributed by atoms with Gasteiger partial charge in [-0.15, -0.1) is 0 Å². The van der Waals surface area contributed by atoms with Gasteiger partial charge in [-0.25, -0.2) is 0 Å². The van der Waals surface area contributed by atoms with Crippen molar-refractivity contribution in [2.75, 3.05) is 12.5 Å². The second-order valence-electron chi connectivity index (χ2n) is 4.47. The Bertz CT molecular complexity index is 791. The van der Waals surface area contributed by atoms with Crippen LogP contribution in [0.3, 0.4) is 0 Å². The SMILES string of the molecule is COc1ccc([N+](=O)[O-])cc1C(=O)NNc1c(Cl)cc(Cl)cc1Cl. The number of carbonyl (C=O) groups excluding carboxylic acids is 1. The van der Waals surface area contributed by atoms with E-state index in [2.05, 4.69) is 10.9 Å². The second kappa shape index (κ2) is 7.57. The lowest BCUT2D eigenvalue weighted by Gasteiger charge is -2.13. The molecule has 10 heteroatoms. The number of nitro benzene ring substituents is 1. The van der Waals surface area contributed by atoms with Crippen molar-refractivity contribution in [1.29, 1.82) is 0 Å². The van der Waals surface area contributed by atoms with Crippen LogP contribution in [0.4, 0.5) is 11.4 Å².